The molecule has 0 bridgehead atoms. The third kappa shape index (κ3) is 3.49. The fraction of sp³-hybridized carbons (Fsp3) is 0.160. The van der Waals surface area contributed by atoms with Crippen LogP contribution in [0.3, 0.4) is 0 Å². The highest BCUT2D eigenvalue weighted by Gasteiger charge is 2.34. The minimum absolute atomic E-state index is 0.149. The summed E-state index contributed by atoms with van der Waals surface area (Å²) in [5, 5.41) is 0. The molecule has 1 aliphatic rings. The zero-order valence-electron chi connectivity index (χ0n) is 16.8. The summed E-state index contributed by atoms with van der Waals surface area (Å²) in [5.41, 5.74) is 6.88. The van der Waals surface area contributed by atoms with E-state index in [-0.39, 0.29) is 18.4 Å². The van der Waals surface area contributed by atoms with E-state index in [4.69, 9.17) is 0 Å². The molecule has 2 aromatic carbocycles. The lowest BCUT2D eigenvalue weighted by Gasteiger charge is -2.28. The number of imide groups is 1. The number of rotatable bonds is 3. The molecule has 0 fully saturated rings. The summed E-state index contributed by atoms with van der Waals surface area (Å²) in [7, 11) is 0. The van der Waals surface area contributed by atoms with Gasteiger partial charge in [-0.3, -0.25) is 19.5 Å². The number of aryl methyl sites for hydroxylation is 3. The highest BCUT2D eigenvalue weighted by atomic mass is 16.2. The first-order chi connectivity index (χ1) is 14.0. The molecule has 0 unspecified atom stereocenters. The van der Waals surface area contributed by atoms with Crippen molar-refractivity contribution in [3.63, 3.8) is 0 Å². The second-order valence-electron chi connectivity index (χ2n) is 7.41. The van der Waals surface area contributed by atoms with Crippen LogP contribution in [0.25, 0.3) is 11.6 Å². The fourth-order valence-electron chi connectivity index (χ4n) is 3.63. The van der Waals surface area contributed by atoms with Crippen LogP contribution < -0.4 is 0 Å². The first-order valence-electron chi connectivity index (χ1n) is 9.61. The van der Waals surface area contributed by atoms with Crippen LogP contribution in [0.15, 0.2) is 60.8 Å². The SMILES string of the molecule is Cc1cc(C)c(/C=C2\C(=O)N(Cc3ccccn3)C(=O)c3ccccc32)cc1C. The predicted octanol–water partition coefficient (Wildman–Crippen LogP) is 4.73. The zero-order chi connectivity index (χ0) is 20.5. The molecule has 2 amide bonds. The number of benzene rings is 2. The van der Waals surface area contributed by atoms with Gasteiger partial charge >= 0.3 is 0 Å². The smallest absolute Gasteiger partial charge is 0.261 e. The molecule has 1 aliphatic heterocycles. The van der Waals surface area contributed by atoms with Gasteiger partial charge in [-0.05, 0) is 72.9 Å². The molecular formula is C25H22N2O2. The topological polar surface area (TPSA) is 50.3 Å². The Balaban J connectivity index is 1.84. The molecule has 29 heavy (non-hydrogen) atoms. The molecule has 1 aromatic heterocycles. The van der Waals surface area contributed by atoms with Crippen molar-refractivity contribution in [3.8, 4) is 0 Å². The van der Waals surface area contributed by atoms with Crippen LogP contribution in [0, 0.1) is 20.8 Å². The Hall–Kier alpha value is -3.53. The van der Waals surface area contributed by atoms with Gasteiger partial charge < -0.3 is 0 Å². The number of carbonyl (C=O) groups is 2. The highest BCUT2D eigenvalue weighted by molar-refractivity contribution is 6.33. The summed E-state index contributed by atoms with van der Waals surface area (Å²) in [6.07, 6.45) is 3.57. The van der Waals surface area contributed by atoms with Crippen LogP contribution in [0.5, 0.6) is 0 Å². The zero-order valence-corrected chi connectivity index (χ0v) is 16.8. The fourth-order valence-corrected chi connectivity index (χ4v) is 3.63. The van der Waals surface area contributed by atoms with E-state index in [1.54, 1.807) is 12.3 Å². The van der Waals surface area contributed by atoms with Gasteiger partial charge in [-0.2, -0.15) is 0 Å². The highest BCUT2D eigenvalue weighted by Crippen LogP contribution is 2.32. The van der Waals surface area contributed by atoms with Crippen molar-refractivity contribution in [2.24, 2.45) is 0 Å². The van der Waals surface area contributed by atoms with Gasteiger partial charge in [0.2, 0.25) is 0 Å². The summed E-state index contributed by atoms with van der Waals surface area (Å²) in [6, 6.07) is 17.0. The average molecular weight is 382 g/mol. The number of hydrogen-bond donors (Lipinski definition) is 0. The van der Waals surface area contributed by atoms with Crippen molar-refractivity contribution in [1.82, 2.24) is 9.88 Å². The van der Waals surface area contributed by atoms with E-state index in [0.29, 0.717) is 22.4 Å². The van der Waals surface area contributed by atoms with Gasteiger partial charge in [-0.1, -0.05) is 36.4 Å². The molecule has 0 spiro atoms. The average Bonchev–Trinajstić information content (AvgIpc) is 2.73. The second kappa shape index (κ2) is 7.47. The second-order valence-corrected chi connectivity index (χ2v) is 7.41. The Morgan fingerprint density at radius 3 is 2.24 bits per heavy atom. The van der Waals surface area contributed by atoms with Crippen LogP contribution in [-0.4, -0.2) is 21.7 Å². The van der Waals surface area contributed by atoms with E-state index in [1.807, 2.05) is 49.4 Å². The van der Waals surface area contributed by atoms with Crippen molar-refractivity contribution < 1.29 is 9.59 Å². The third-order valence-electron chi connectivity index (χ3n) is 5.40. The van der Waals surface area contributed by atoms with Crippen molar-refractivity contribution in [2.45, 2.75) is 27.3 Å². The lowest BCUT2D eigenvalue weighted by atomic mass is 9.90. The molecule has 0 atom stereocenters. The number of aromatic nitrogens is 1. The third-order valence-corrected chi connectivity index (χ3v) is 5.40. The first-order valence-corrected chi connectivity index (χ1v) is 9.61. The van der Waals surface area contributed by atoms with Gasteiger partial charge in [0.1, 0.15) is 0 Å². The predicted molar refractivity (Wildman–Crippen MR) is 114 cm³/mol. The van der Waals surface area contributed by atoms with Crippen molar-refractivity contribution in [3.05, 3.63) is 99.9 Å². The first kappa shape index (κ1) is 18.8. The largest absolute Gasteiger partial charge is 0.269 e. The Morgan fingerprint density at radius 1 is 0.828 bits per heavy atom. The van der Waals surface area contributed by atoms with Gasteiger partial charge in [0, 0.05) is 17.3 Å². The normalized spacial score (nSPS) is 15.0. The summed E-state index contributed by atoms with van der Waals surface area (Å²) < 4.78 is 0. The van der Waals surface area contributed by atoms with Crippen LogP contribution in [0.1, 0.15) is 43.9 Å². The van der Waals surface area contributed by atoms with Gasteiger partial charge in [-0.15, -0.1) is 0 Å². The van der Waals surface area contributed by atoms with E-state index < -0.39 is 0 Å². The molecule has 4 heteroatoms. The van der Waals surface area contributed by atoms with Gasteiger partial charge in [0.25, 0.3) is 11.8 Å². The maximum Gasteiger partial charge on any atom is 0.261 e. The van der Waals surface area contributed by atoms with E-state index in [0.717, 1.165) is 11.1 Å². The molecule has 0 saturated carbocycles. The lowest BCUT2D eigenvalue weighted by molar-refractivity contribution is -0.123. The van der Waals surface area contributed by atoms with Crippen LogP contribution in [-0.2, 0) is 11.3 Å². The number of fused-ring (bicyclic) bond motifs is 1. The number of amides is 2. The Morgan fingerprint density at radius 2 is 1.52 bits per heavy atom. The molecular weight excluding hydrogens is 360 g/mol. The monoisotopic (exact) mass is 382 g/mol. The van der Waals surface area contributed by atoms with E-state index in [9.17, 15) is 9.59 Å². The maximum atomic E-state index is 13.4. The standard InChI is InChI=1S/C25H22N2O2/c1-16-12-18(3)19(13-17(16)2)14-23-21-9-4-5-10-22(21)24(28)27(25(23)29)15-20-8-6-7-11-26-20/h4-14H,15H2,1-3H3/b23-14-. The molecule has 0 N–H and O–H groups in total. The Bertz CT molecular complexity index is 1150. The lowest BCUT2D eigenvalue weighted by Crippen LogP contribution is -2.41. The van der Waals surface area contributed by atoms with Crippen LogP contribution in [0.4, 0.5) is 0 Å². The summed E-state index contributed by atoms with van der Waals surface area (Å²) in [4.78, 5) is 32.0. The maximum absolute atomic E-state index is 13.4. The molecule has 3 aromatic rings. The number of carbonyl (C=O) groups excluding carboxylic acids is 2. The van der Waals surface area contributed by atoms with Crippen LogP contribution >= 0.6 is 0 Å². The molecule has 4 nitrogen and oxygen atoms in total. The molecule has 0 aliphatic carbocycles. The minimum Gasteiger partial charge on any atom is -0.269 e. The molecule has 0 radical (unpaired) electrons. The Labute approximate surface area is 170 Å². The van der Waals surface area contributed by atoms with Crippen molar-refractivity contribution in [2.75, 3.05) is 0 Å². The number of hydrogen-bond acceptors (Lipinski definition) is 3. The van der Waals surface area contributed by atoms with Gasteiger partial charge in [0.15, 0.2) is 0 Å². The van der Waals surface area contributed by atoms with Gasteiger partial charge in [0.05, 0.1) is 12.2 Å². The number of pyridine rings is 1. The minimum atomic E-state index is -0.294. The summed E-state index contributed by atoms with van der Waals surface area (Å²) in [6.45, 7) is 6.32. The summed E-state index contributed by atoms with van der Waals surface area (Å²) in [5.74, 6) is -0.581. The van der Waals surface area contributed by atoms with E-state index >= 15 is 0 Å². The molecule has 4 rings (SSSR count). The quantitative estimate of drug-likeness (QED) is 0.486. The summed E-state index contributed by atoms with van der Waals surface area (Å²) >= 11 is 0. The molecule has 144 valence electrons. The van der Waals surface area contributed by atoms with E-state index in [2.05, 4.69) is 31.0 Å². The van der Waals surface area contributed by atoms with Crippen LogP contribution in [0.2, 0.25) is 0 Å². The molecule has 2 heterocycles. The number of nitrogens with zero attached hydrogens (tertiary/aromatic N) is 2. The Kier molecular flexibility index (Phi) is 4.85. The van der Waals surface area contributed by atoms with Crippen molar-refractivity contribution >= 4 is 23.5 Å². The van der Waals surface area contributed by atoms with Crippen molar-refractivity contribution in [1.29, 1.82) is 0 Å². The van der Waals surface area contributed by atoms with Gasteiger partial charge in [-0.25, -0.2) is 0 Å². The van der Waals surface area contributed by atoms with E-state index in [1.165, 1.54) is 16.0 Å². The molecule has 0 saturated heterocycles.